The van der Waals surface area contributed by atoms with Gasteiger partial charge in [-0.15, -0.1) is 10.2 Å². The summed E-state index contributed by atoms with van der Waals surface area (Å²) in [4.78, 5) is 28.3. The van der Waals surface area contributed by atoms with Crippen LogP contribution < -0.4 is 0 Å². The maximum Gasteiger partial charge on any atom is 0.240 e. The molecule has 0 radical (unpaired) electrons. The zero-order valence-electron chi connectivity index (χ0n) is 14.1. The number of nitrogens with one attached hydrogen (secondary N) is 2. The summed E-state index contributed by atoms with van der Waals surface area (Å²) < 4.78 is 13.2. The molecule has 0 amide bonds. The Balaban J connectivity index is 1.70. The smallest absolute Gasteiger partial charge is 0.240 e. The van der Waals surface area contributed by atoms with Gasteiger partial charge in [-0.25, -0.2) is 4.39 Å². The number of fused-ring (bicyclic) bond motifs is 1. The summed E-state index contributed by atoms with van der Waals surface area (Å²) in [6.07, 6.45) is 0.0459. The van der Waals surface area contributed by atoms with Crippen molar-refractivity contribution in [2.45, 2.75) is 12.8 Å². The van der Waals surface area contributed by atoms with Gasteiger partial charge in [0.05, 0.1) is 6.42 Å². The van der Waals surface area contributed by atoms with Crippen molar-refractivity contribution in [3.05, 3.63) is 77.0 Å². The van der Waals surface area contributed by atoms with Gasteiger partial charge >= 0.3 is 0 Å². The number of H-pyrrole nitrogens is 2. The largest absolute Gasteiger partial charge is 0.357 e. The van der Waals surface area contributed by atoms with Crippen LogP contribution in [-0.4, -0.2) is 37.2 Å². The average Bonchev–Trinajstić information content (AvgIpc) is 3.31. The monoisotopic (exact) mass is 363 g/mol. The van der Waals surface area contributed by atoms with Crippen LogP contribution in [0.5, 0.6) is 0 Å². The van der Waals surface area contributed by atoms with E-state index in [2.05, 4.69) is 25.6 Å². The third kappa shape index (κ3) is 3.37. The second kappa shape index (κ2) is 6.91. The van der Waals surface area contributed by atoms with Crippen molar-refractivity contribution in [1.82, 2.24) is 25.6 Å². The van der Waals surface area contributed by atoms with E-state index in [1.54, 1.807) is 12.1 Å². The van der Waals surface area contributed by atoms with Crippen LogP contribution >= 0.6 is 0 Å². The van der Waals surface area contributed by atoms with Crippen LogP contribution in [0.3, 0.4) is 0 Å². The molecule has 27 heavy (non-hydrogen) atoms. The molecule has 2 aromatic carbocycles. The maximum atomic E-state index is 13.2. The highest BCUT2D eigenvalue weighted by atomic mass is 19.1. The number of Topliss-reactive ketones (excluding diaryl/α,β-unsaturated/α-hetero) is 2. The molecule has 2 heterocycles. The molecule has 2 N–H and O–H groups in total. The van der Waals surface area contributed by atoms with E-state index in [4.69, 9.17) is 0 Å². The number of ketones is 2. The topological polar surface area (TPSA) is 104 Å². The molecule has 0 spiro atoms. The molecule has 2 aromatic heterocycles. The summed E-state index contributed by atoms with van der Waals surface area (Å²) in [5.41, 5.74) is 2.77. The number of aromatic amines is 2. The van der Waals surface area contributed by atoms with Crippen LogP contribution in [0.25, 0.3) is 10.9 Å². The van der Waals surface area contributed by atoms with Gasteiger partial charge in [-0.1, -0.05) is 30.3 Å². The van der Waals surface area contributed by atoms with Gasteiger partial charge in [-0.2, -0.15) is 5.21 Å². The first-order valence-electron chi connectivity index (χ1n) is 8.25. The van der Waals surface area contributed by atoms with Crippen molar-refractivity contribution in [3.8, 4) is 0 Å². The molecule has 0 aliphatic heterocycles. The molecule has 134 valence electrons. The number of halogens is 1. The molecule has 0 aliphatic rings. The highest BCUT2D eigenvalue weighted by molar-refractivity contribution is 6.17. The molecule has 0 aliphatic carbocycles. The minimum absolute atomic E-state index is 0.122. The fourth-order valence-electron chi connectivity index (χ4n) is 3.05. The van der Waals surface area contributed by atoms with Crippen LogP contribution in [0, 0.1) is 5.82 Å². The number of carbonyl (C=O) groups excluding carboxylic acids is 2. The summed E-state index contributed by atoms with van der Waals surface area (Å²) in [5.74, 6) is -1.29. The van der Waals surface area contributed by atoms with Crippen molar-refractivity contribution in [1.29, 1.82) is 0 Å². The van der Waals surface area contributed by atoms with Crippen LogP contribution in [0.2, 0.25) is 0 Å². The Kier molecular flexibility index (Phi) is 4.29. The highest BCUT2D eigenvalue weighted by Gasteiger charge is 2.23. The summed E-state index contributed by atoms with van der Waals surface area (Å²) in [6, 6.07) is 13.5. The Morgan fingerprint density at radius 2 is 1.78 bits per heavy atom. The SMILES string of the molecule is O=C(CC(=O)c1c(Cc2ccc(F)cc2)[nH]c2ccccc12)c1nn[nH]n1. The van der Waals surface area contributed by atoms with Crippen molar-refractivity contribution >= 4 is 22.5 Å². The van der Waals surface area contributed by atoms with Gasteiger partial charge in [-0.05, 0) is 29.0 Å². The summed E-state index contributed by atoms with van der Waals surface area (Å²) >= 11 is 0. The Bertz CT molecular complexity index is 1120. The normalized spacial score (nSPS) is 11.0. The van der Waals surface area contributed by atoms with Crippen molar-refractivity contribution in [2.24, 2.45) is 0 Å². The summed E-state index contributed by atoms with van der Waals surface area (Å²) in [5, 5.41) is 13.5. The predicted octanol–water partition coefficient (Wildman–Crippen LogP) is 2.87. The van der Waals surface area contributed by atoms with E-state index in [0.717, 1.165) is 16.5 Å². The van der Waals surface area contributed by atoms with Crippen LogP contribution in [0.1, 0.15) is 38.7 Å². The molecule has 0 unspecified atom stereocenters. The Labute approximate surface area is 152 Å². The van der Waals surface area contributed by atoms with E-state index in [1.165, 1.54) is 12.1 Å². The van der Waals surface area contributed by atoms with Crippen molar-refractivity contribution in [3.63, 3.8) is 0 Å². The number of benzene rings is 2. The number of rotatable bonds is 6. The van der Waals surface area contributed by atoms with Crippen molar-refractivity contribution in [2.75, 3.05) is 0 Å². The number of hydrogen-bond donors (Lipinski definition) is 2. The Morgan fingerprint density at radius 1 is 1.00 bits per heavy atom. The Hall–Kier alpha value is -3.68. The number of tetrazole rings is 1. The maximum absolute atomic E-state index is 13.2. The molecule has 4 aromatic rings. The van der Waals surface area contributed by atoms with Gasteiger partial charge in [0, 0.05) is 28.6 Å². The van der Waals surface area contributed by atoms with Gasteiger partial charge in [0.25, 0.3) is 0 Å². The highest BCUT2D eigenvalue weighted by Crippen LogP contribution is 2.26. The minimum atomic E-state index is -0.508. The average molecular weight is 363 g/mol. The second-order valence-electron chi connectivity index (χ2n) is 6.09. The predicted molar refractivity (Wildman–Crippen MR) is 95.0 cm³/mol. The standard InChI is InChI=1S/C19H14FN5O2/c20-12-7-5-11(6-8-12)9-15-18(13-3-1-2-4-14(13)21-15)16(26)10-17(27)19-22-24-25-23-19/h1-8,21H,9-10H2,(H,22,23,24,25). The zero-order valence-corrected chi connectivity index (χ0v) is 14.1. The lowest BCUT2D eigenvalue weighted by molar-refractivity contribution is 0.0889. The van der Waals surface area contributed by atoms with Crippen LogP contribution in [0.4, 0.5) is 4.39 Å². The number of carbonyl (C=O) groups is 2. The fourth-order valence-corrected chi connectivity index (χ4v) is 3.05. The van der Waals surface area contributed by atoms with Gasteiger partial charge in [-0.3, -0.25) is 9.59 Å². The second-order valence-corrected chi connectivity index (χ2v) is 6.09. The molecule has 7 nitrogen and oxygen atoms in total. The summed E-state index contributed by atoms with van der Waals surface area (Å²) in [7, 11) is 0. The first-order chi connectivity index (χ1) is 13.1. The molecule has 0 fully saturated rings. The quantitative estimate of drug-likeness (QED) is 0.405. The first-order valence-corrected chi connectivity index (χ1v) is 8.25. The molecular formula is C19H14FN5O2. The van der Waals surface area contributed by atoms with E-state index >= 15 is 0 Å². The fraction of sp³-hybridized carbons (Fsp3) is 0.105. The lowest BCUT2D eigenvalue weighted by Crippen LogP contribution is -2.12. The number of aromatic nitrogens is 5. The van der Waals surface area contributed by atoms with E-state index in [0.29, 0.717) is 17.7 Å². The molecule has 8 heteroatoms. The minimum Gasteiger partial charge on any atom is -0.357 e. The van der Waals surface area contributed by atoms with E-state index in [-0.39, 0.29) is 23.8 Å². The lowest BCUT2D eigenvalue weighted by Gasteiger charge is -2.04. The molecular weight excluding hydrogens is 349 g/mol. The molecule has 0 bridgehead atoms. The van der Waals surface area contributed by atoms with E-state index in [9.17, 15) is 14.0 Å². The van der Waals surface area contributed by atoms with E-state index in [1.807, 2.05) is 24.3 Å². The van der Waals surface area contributed by atoms with Crippen LogP contribution in [0.15, 0.2) is 48.5 Å². The molecule has 0 saturated heterocycles. The Morgan fingerprint density at radius 3 is 2.52 bits per heavy atom. The number of para-hydroxylation sites is 1. The lowest BCUT2D eigenvalue weighted by atomic mass is 9.98. The molecule has 4 rings (SSSR count). The number of hydrogen-bond acceptors (Lipinski definition) is 5. The van der Waals surface area contributed by atoms with Gasteiger partial charge in [0.1, 0.15) is 5.82 Å². The zero-order chi connectivity index (χ0) is 18.8. The molecule has 0 atom stereocenters. The summed E-state index contributed by atoms with van der Waals surface area (Å²) in [6.45, 7) is 0. The third-order valence-electron chi connectivity index (χ3n) is 4.27. The molecule has 0 saturated carbocycles. The van der Waals surface area contributed by atoms with Crippen molar-refractivity contribution < 1.29 is 14.0 Å². The van der Waals surface area contributed by atoms with Gasteiger partial charge in [0.2, 0.25) is 11.6 Å². The van der Waals surface area contributed by atoms with Gasteiger partial charge in [0.15, 0.2) is 5.78 Å². The van der Waals surface area contributed by atoms with Crippen LogP contribution in [-0.2, 0) is 6.42 Å². The number of nitrogens with zero attached hydrogens (tertiary/aromatic N) is 3. The van der Waals surface area contributed by atoms with Gasteiger partial charge < -0.3 is 4.98 Å². The third-order valence-corrected chi connectivity index (χ3v) is 4.27. The first kappa shape index (κ1) is 16.8. The van der Waals surface area contributed by atoms with E-state index < -0.39 is 5.78 Å².